The van der Waals surface area contributed by atoms with Gasteiger partial charge in [-0.1, -0.05) is 35.9 Å². The van der Waals surface area contributed by atoms with E-state index in [1.165, 1.54) is 16.4 Å². The Kier molecular flexibility index (Phi) is 5.60. The van der Waals surface area contributed by atoms with Crippen LogP contribution in [0.1, 0.15) is 23.6 Å². The van der Waals surface area contributed by atoms with Crippen LogP contribution in [0.15, 0.2) is 76.6 Å². The van der Waals surface area contributed by atoms with Gasteiger partial charge in [-0.2, -0.15) is 9.57 Å². The first-order chi connectivity index (χ1) is 16.4. The maximum atomic E-state index is 13.4. The highest BCUT2D eigenvalue weighted by Gasteiger charge is 2.37. The molecule has 0 aromatic heterocycles. The second-order valence-corrected chi connectivity index (χ2v) is 10.4. The van der Waals surface area contributed by atoms with Crippen molar-refractivity contribution in [3.05, 3.63) is 83.4 Å². The smallest absolute Gasteiger partial charge is 0.244 e. The number of nitriles is 1. The molecular weight excluding hydrogens is 448 g/mol. The molecule has 5 rings (SSSR count). The summed E-state index contributed by atoms with van der Waals surface area (Å²) in [7, 11) is -3.81. The van der Waals surface area contributed by atoms with Gasteiger partial charge < -0.3 is 9.64 Å². The van der Waals surface area contributed by atoms with E-state index in [1.807, 2.05) is 56.3 Å². The fraction of sp³-hybridized carbons (Fsp3) is 0.231. The van der Waals surface area contributed by atoms with Gasteiger partial charge in [0.1, 0.15) is 23.3 Å². The average molecular weight is 473 g/mol. The van der Waals surface area contributed by atoms with Crippen molar-refractivity contribution in [2.24, 2.45) is 4.99 Å². The van der Waals surface area contributed by atoms with E-state index in [1.54, 1.807) is 12.1 Å². The Morgan fingerprint density at radius 2 is 1.79 bits per heavy atom. The van der Waals surface area contributed by atoms with Gasteiger partial charge >= 0.3 is 0 Å². The number of hydrogen-bond donors (Lipinski definition) is 0. The average Bonchev–Trinajstić information content (AvgIpc) is 3.00. The van der Waals surface area contributed by atoms with Crippen LogP contribution in [0.2, 0.25) is 0 Å². The number of fused-ring (bicyclic) bond motifs is 2. The third-order valence-corrected chi connectivity index (χ3v) is 8.22. The molecule has 7 nitrogen and oxygen atoms in total. The summed E-state index contributed by atoms with van der Waals surface area (Å²) in [5, 5.41) is 9.41. The number of piperazine rings is 1. The molecule has 3 aromatic carbocycles. The number of para-hydroxylation sites is 2. The Morgan fingerprint density at radius 1 is 1.03 bits per heavy atom. The highest BCUT2D eigenvalue weighted by molar-refractivity contribution is 7.89. The first-order valence-electron chi connectivity index (χ1n) is 11.1. The molecule has 0 amide bonds. The quantitative estimate of drug-likeness (QED) is 0.550. The minimum absolute atomic E-state index is 0.0490. The molecule has 1 saturated heterocycles. The maximum Gasteiger partial charge on any atom is 0.244 e. The van der Waals surface area contributed by atoms with Gasteiger partial charge in [0.05, 0.1) is 16.0 Å². The molecule has 0 saturated carbocycles. The van der Waals surface area contributed by atoms with Crippen molar-refractivity contribution in [2.75, 3.05) is 19.6 Å². The zero-order valence-corrected chi connectivity index (χ0v) is 19.8. The molecular formula is C26H24N4O3S. The predicted octanol–water partition coefficient (Wildman–Crippen LogP) is 4.45. The molecule has 2 heterocycles. The molecule has 172 valence electrons. The minimum atomic E-state index is -3.81. The van der Waals surface area contributed by atoms with Crippen molar-refractivity contribution in [3.63, 3.8) is 0 Å². The van der Waals surface area contributed by atoms with Crippen LogP contribution in [0.4, 0.5) is 5.69 Å². The van der Waals surface area contributed by atoms with Gasteiger partial charge in [0.25, 0.3) is 0 Å². The number of nitrogens with zero attached hydrogens (tertiary/aromatic N) is 4. The van der Waals surface area contributed by atoms with E-state index in [9.17, 15) is 13.7 Å². The van der Waals surface area contributed by atoms with Gasteiger partial charge in [-0.25, -0.2) is 13.4 Å². The summed E-state index contributed by atoms with van der Waals surface area (Å²) in [6.45, 7) is 5.12. The number of ether oxygens (including phenoxy) is 1. The summed E-state index contributed by atoms with van der Waals surface area (Å²) in [4.78, 5) is 7.13. The summed E-state index contributed by atoms with van der Waals surface area (Å²) < 4.78 is 34.5. The van der Waals surface area contributed by atoms with Gasteiger partial charge in [-0.05, 0) is 50.2 Å². The summed E-state index contributed by atoms with van der Waals surface area (Å²) in [6.07, 6.45) is 0. The molecule has 34 heavy (non-hydrogen) atoms. The monoisotopic (exact) mass is 472 g/mol. The lowest BCUT2D eigenvalue weighted by atomic mass is 10.1. The highest BCUT2D eigenvalue weighted by atomic mass is 32.2. The van der Waals surface area contributed by atoms with Gasteiger partial charge in [-0.15, -0.1) is 0 Å². The Morgan fingerprint density at radius 3 is 2.59 bits per heavy atom. The first-order valence-corrected chi connectivity index (χ1v) is 12.5. The summed E-state index contributed by atoms with van der Waals surface area (Å²) in [6, 6.07) is 21.7. The zero-order chi connectivity index (χ0) is 23.9. The van der Waals surface area contributed by atoms with E-state index in [4.69, 9.17) is 9.73 Å². The van der Waals surface area contributed by atoms with E-state index in [-0.39, 0.29) is 23.0 Å². The van der Waals surface area contributed by atoms with Crippen molar-refractivity contribution in [2.45, 2.75) is 24.8 Å². The van der Waals surface area contributed by atoms with Crippen LogP contribution >= 0.6 is 0 Å². The molecule has 0 radical (unpaired) electrons. The fourth-order valence-electron chi connectivity index (χ4n) is 4.48. The van der Waals surface area contributed by atoms with E-state index in [0.717, 1.165) is 28.4 Å². The van der Waals surface area contributed by atoms with Gasteiger partial charge in [0.15, 0.2) is 5.75 Å². The molecule has 2 aliphatic rings. The number of hydrogen-bond acceptors (Lipinski definition) is 6. The van der Waals surface area contributed by atoms with Gasteiger partial charge in [0.2, 0.25) is 10.0 Å². The summed E-state index contributed by atoms with van der Waals surface area (Å²) in [5.74, 6) is 2.18. The zero-order valence-electron chi connectivity index (χ0n) is 19.0. The number of rotatable bonds is 2. The number of benzene rings is 3. The molecule has 0 bridgehead atoms. The number of sulfonamides is 1. The van der Waals surface area contributed by atoms with Crippen LogP contribution in [-0.2, 0) is 10.0 Å². The molecule has 1 unspecified atom stereocenters. The largest absolute Gasteiger partial charge is 0.454 e. The van der Waals surface area contributed by atoms with E-state index >= 15 is 0 Å². The molecule has 0 N–H and O–H groups in total. The van der Waals surface area contributed by atoms with Gasteiger partial charge in [-0.3, -0.25) is 0 Å². The molecule has 3 aromatic rings. The summed E-state index contributed by atoms with van der Waals surface area (Å²) in [5.41, 5.74) is 2.86. The molecule has 0 spiro atoms. The van der Waals surface area contributed by atoms with E-state index in [0.29, 0.717) is 18.8 Å². The number of aliphatic imine (C=N–C) groups is 1. The van der Waals surface area contributed by atoms with Crippen LogP contribution in [0.5, 0.6) is 11.5 Å². The summed E-state index contributed by atoms with van der Waals surface area (Å²) >= 11 is 0. The van der Waals surface area contributed by atoms with Crippen molar-refractivity contribution in [3.8, 4) is 17.6 Å². The Labute approximate surface area is 199 Å². The van der Waals surface area contributed by atoms with E-state index < -0.39 is 10.0 Å². The third-order valence-electron chi connectivity index (χ3n) is 6.15. The van der Waals surface area contributed by atoms with Crippen molar-refractivity contribution in [1.29, 1.82) is 5.26 Å². The first kappa shape index (κ1) is 22.1. The van der Waals surface area contributed by atoms with Crippen LogP contribution in [0.3, 0.4) is 0 Å². The van der Waals surface area contributed by atoms with Crippen LogP contribution in [0.25, 0.3) is 0 Å². The SMILES string of the molecule is Cc1ccc2c(c1)C(N1CCN(S(=O)(=O)c3ccccc3C#N)C(C)C1)=Nc1ccccc1O2. The van der Waals surface area contributed by atoms with Crippen molar-refractivity contribution >= 4 is 21.5 Å². The minimum Gasteiger partial charge on any atom is -0.454 e. The fourth-order valence-corrected chi connectivity index (χ4v) is 6.24. The van der Waals surface area contributed by atoms with Gasteiger partial charge in [0, 0.05) is 25.7 Å². The Hall–Kier alpha value is -3.67. The highest BCUT2D eigenvalue weighted by Crippen LogP contribution is 2.38. The second kappa shape index (κ2) is 8.60. The van der Waals surface area contributed by atoms with Crippen LogP contribution < -0.4 is 4.74 Å². The normalized spacial score (nSPS) is 18.1. The molecule has 8 heteroatoms. The number of amidine groups is 1. The maximum absolute atomic E-state index is 13.4. The van der Waals surface area contributed by atoms with Crippen LogP contribution in [0, 0.1) is 18.3 Å². The molecule has 0 aliphatic carbocycles. The van der Waals surface area contributed by atoms with Crippen molar-refractivity contribution in [1.82, 2.24) is 9.21 Å². The van der Waals surface area contributed by atoms with Crippen molar-refractivity contribution < 1.29 is 13.2 Å². The Balaban J connectivity index is 1.50. The lowest BCUT2D eigenvalue weighted by molar-refractivity contribution is 0.205. The Bertz CT molecular complexity index is 1440. The van der Waals surface area contributed by atoms with E-state index in [2.05, 4.69) is 11.0 Å². The van der Waals surface area contributed by atoms with Crippen LogP contribution in [-0.4, -0.2) is 49.1 Å². The third kappa shape index (κ3) is 3.83. The number of aryl methyl sites for hydroxylation is 1. The molecule has 2 aliphatic heterocycles. The molecule has 1 atom stereocenters. The standard InChI is InChI=1S/C26H24N4O3S/c1-18-11-12-23-21(15-18)26(28-22-8-4-5-9-24(22)33-23)29-13-14-30(19(2)17-29)34(31,32)25-10-6-3-7-20(25)16-27/h3-12,15,19H,13-14,17H2,1-2H3. The lowest BCUT2D eigenvalue weighted by Crippen LogP contribution is -2.55. The second-order valence-electron chi connectivity index (χ2n) is 8.52. The molecule has 1 fully saturated rings. The topological polar surface area (TPSA) is 86.0 Å². The lowest BCUT2D eigenvalue weighted by Gasteiger charge is -2.40. The predicted molar refractivity (Wildman–Crippen MR) is 130 cm³/mol.